The molecule has 0 unspecified atom stereocenters. The van der Waals surface area contributed by atoms with Gasteiger partial charge in [0.05, 0.1) is 17.7 Å². The average molecular weight is 465 g/mol. The molecule has 1 aliphatic carbocycles. The number of halogens is 1. The van der Waals surface area contributed by atoms with Crippen LogP contribution in [-0.2, 0) is 11.3 Å². The topological polar surface area (TPSA) is 59.3 Å². The molecule has 0 radical (unpaired) electrons. The summed E-state index contributed by atoms with van der Waals surface area (Å²) < 4.78 is 18.1. The number of amides is 2. The molecular weight excluding hydrogens is 431 g/mol. The van der Waals surface area contributed by atoms with E-state index in [4.69, 9.17) is 0 Å². The Morgan fingerprint density at radius 1 is 1.15 bits per heavy atom. The Morgan fingerprint density at radius 3 is 2.53 bits per heavy atom. The minimum Gasteiger partial charge on any atom is -0.351 e. The lowest BCUT2D eigenvalue weighted by Crippen LogP contribution is -2.65. The third-order valence-electron chi connectivity index (χ3n) is 7.50. The number of carbonyl (C=O) groups excluding carboxylic acids is 2. The number of benzene rings is 1. The molecule has 1 aliphatic heterocycles. The van der Waals surface area contributed by atoms with Crippen LogP contribution in [0.5, 0.6) is 0 Å². The molecule has 2 amide bonds. The van der Waals surface area contributed by atoms with Crippen LogP contribution in [-0.4, -0.2) is 44.0 Å². The van der Waals surface area contributed by atoms with Crippen LogP contribution in [0.3, 0.4) is 0 Å². The van der Waals surface area contributed by atoms with Crippen LogP contribution in [0.15, 0.2) is 42.7 Å². The van der Waals surface area contributed by atoms with Gasteiger partial charge >= 0.3 is 0 Å². The summed E-state index contributed by atoms with van der Waals surface area (Å²) in [6.45, 7) is 4.70. The number of nitrogens with one attached hydrogen (secondary N) is 1. The van der Waals surface area contributed by atoms with E-state index in [-0.39, 0.29) is 23.7 Å². The molecule has 6 nitrogen and oxygen atoms in total. The first-order valence-corrected chi connectivity index (χ1v) is 12.5. The first-order valence-electron chi connectivity index (χ1n) is 12.5. The number of aromatic nitrogens is 2. The number of hydrogen-bond acceptors (Lipinski definition) is 2. The zero-order chi connectivity index (χ0) is 23.9. The van der Waals surface area contributed by atoms with E-state index in [1.807, 2.05) is 47.5 Å². The van der Waals surface area contributed by atoms with Gasteiger partial charge < -0.3 is 19.4 Å². The molecule has 1 saturated carbocycles. The molecule has 1 fully saturated rings. The summed E-state index contributed by atoms with van der Waals surface area (Å²) >= 11 is 0. The molecule has 0 saturated heterocycles. The Hall–Kier alpha value is -3.09. The number of rotatable bonds is 5. The predicted molar refractivity (Wildman–Crippen MR) is 131 cm³/mol. The van der Waals surface area contributed by atoms with Crippen molar-refractivity contribution in [2.75, 3.05) is 6.54 Å². The second-order valence-corrected chi connectivity index (χ2v) is 9.93. The first kappa shape index (κ1) is 22.7. The molecule has 180 valence electrons. The van der Waals surface area contributed by atoms with Gasteiger partial charge in [0.15, 0.2) is 0 Å². The number of nitrogens with zero attached hydrogens (tertiary/aromatic N) is 3. The van der Waals surface area contributed by atoms with Crippen molar-refractivity contribution in [1.29, 1.82) is 0 Å². The Balaban J connectivity index is 1.62. The molecule has 7 heteroatoms. The molecule has 2 aromatic heterocycles. The summed E-state index contributed by atoms with van der Waals surface area (Å²) in [6, 6.07) is 8.54. The third-order valence-corrected chi connectivity index (χ3v) is 7.50. The quantitative estimate of drug-likeness (QED) is 0.538. The first-order chi connectivity index (χ1) is 16.4. The lowest BCUT2D eigenvalue weighted by molar-refractivity contribution is -0.133. The SMILES string of the molecule is CCCN1C(=O)c2c(-n3cccc3)c3cc(F)ccc3n2C[C@]1(C)C(=O)NC1CCCCCC1. The van der Waals surface area contributed by atoms with Gasteiger partial charge in [-0.15, -0.1) is 0 Å². The Kier molecular flexibility index (Phi) is 5.96. The van der Waals surface area contributed by atoms with Crippen molar-refractivity contribution >= 4 is 22.7 Å². The van der Waals surface area contributed by atoms with Gasteiger partial charge in [0.1, 0.15) is 17.1 Å². The summed E-state index contributed by atoms with van der Waals surface area (Å²) in [7, 11) is 0. The zero-order valence-electron chi connectivity index (χ0n) is 20.0. The van der Waals surface area contributed by atoms with E-state index >= 15 is 0 Å². The highest BCUT2D eigenvalue weighted by atomic mass is 19.1. The molecule has 0 spiro atoms. The van der Waals surface area contributed by atoms with Gasteiger partial charge in [0.25, 0.3) is 5.91 Å². The maximum atomic E-state index is 14.3. The second kappa shape index (κ2) is 8.93. The zero-order valence-corrected chi connectivity index (χ0v) is 20.0. The maximum Gasteiger partial charge on any atom is 0.273 e. The van der Waals surface area contributed by atoms with Gasteiger partial charge in [0, 0.05) is 30.4 Å². The highest BCUT2D eigenvalue weighted by Crippen LogP contribution is 2.38. The van der Waals surface area contributed by atoms with Gasteiger partial charge in [-0.05, 0) is 56.5 Å². The monoisotopic (exact) mass is 464 g/mol. The van der Waals surface area contributed by atoms with Crippen molar-refractivity contribution in [3.63, 3.8) is 0 Å². The van der Waals surface area contributed by atoms with Crippen LogP contribution in [0.1, 0.15) is 69.3 Å². The van der Waals surface area contributed by atoms with Gasteiger partial charge in [0.2, 0.25) is 5.91 Å². The third kappa shape index (κ3) is 3.71. The minimum atomic E-state index is -1.03. The van der Waals surface area contributed by atoms with Crippen LogP contribution in [0.25, 0.3) is 16.6 Å². The summed E-state index contributed by atoms with van der Waals surface area (Å²) in [6.07, 6.45) is 11.1. The van der Waals surface area contributed by atoms with Crippen LogP contribution < -0.4 is 5.32 Å². The highest BCUT2D eigenvalue weighted by molar-refractivity contribution is 6.09. The van der Waals surface area contributed by atoms with Crippen LogP contribution >= 0.6 is 0 Å². The van der Waals surface area contributed by atoms with E-state index in [0.717, 1.165) is 37.6 Å². The van der Waals surface area contributed by atoms with Crippen molar-refractivity contribution in [2.45, 2.75) is 76.9 Å². The predicted octanol–water partition coefficient (Wildman–Crippen LogP) is 5.03. The van der Waals surface area contributed by atoms with Gasteiger partial charge in [-0.25, -0.2) is 4.39 Å². The molecule has 5 rings (SSSR count). The summed E-state index contributed by atoms with van der Waals surface area (Å²) in [4.78, 5) is 29.6. The molecule has 1 aromatic carbocycles. The second-order valence-electron chi connectivity index (χ2n) is 9.93. The Morgan fingerprint density at radius 2 is 1.85 bits per heavy atom. The smallest absolute Gasteiger partial charge is 0.273 e. The maximum absolute atomic E-state index is 14.3. The molecule has 34 heavy (non-hydrogen) atoms. The highest BCUT2D eigenvalue weighted by Gasteiger charge is 2.49. The largest absolute Gasteiger partial charge is 0.351 e. The average Bonchev–Trinajstić information content (AvgIpc) is 3.36. The van der Waals surface area contributed by atoms with E-state index in [1.54, 1.807) is 11.0 Å². The fourth-order valence-electron chi connectivity index (χ4n) is 5.71. The van der Waals surface area contributed by atoms with E-state index in [9.17, 15) is 14.0 Å². The molecule has 3 aromatic rings. The van der Waals surface area contributed by atoms with E-state index in [2.05, 4.69) is 5.32 Å². The normalized spacial score (nSPS) is 21.5. The van der Waals surface area contributed by atoms with Crippen LogP contribution in [0.4, 0.5) is 4.39 Å². The number of hydrogen-bond donors (Lipinski definition) is 1. The standard InChI is InChI=1S/C27H33FN4O2/c1-3-14-32-25(33)24-23(30-15-8-9-16-30)21-17-19(28)12-13-22(21)31(24)18-27(32,2)26(34)29-20-10-6-4-5-7-11-20/h8-9,12-13,15-17,20H,3-7,10-11,14,18H2,1-2H3,(H,29,34)/t27-/m1/s1. The number of fused-ring (bicyclic) bond motifs is 3. The molecular formula is C27H33FN4O2. The van der Waals surface area contributed by atoms with Crippen molar-refractivity contribution in [3.8, 4) is 5.69 Å². The van der Waals surface area contributed by atoms with E-state index in [0.29, 0.717) is 29.9 Å². The summed E-state index contributed by atoms with van der Waals surface area (Å²) in [5.74, 6) is -0.638. The van der Waals surface area contributed by atoms with Gasteiger partial charge in [-0.3, -0.25) is 9.59 Å². The Labute approximate surface area is 199 Å². The number of carbonyl (C=O) groups is 2. The van der Waals surface area contributed by atoms with Crippen LogP contribution in [0, 0.1) is 5.82 Å². The fourth-order valence-corrected chi connectivity index (χ4v) is 5.71. The van der Waals surface area contributed by atoms with Crippen molar-refractivity contribution in [1.82, 2.24) is 19.4 Å². The van der Waals surface area contributed by atoms with Gasteiger partial charge in [-0.1, -0.05) is 32.6 Å². The summed E-state index contributed by atoms with van der Waals surface area (Å²) in [5.41, 5.74) is 0.903. The fraction of sp³-hybridized carbons (Fsp3) is 0.481. The molecule has 1 atom stereocenters. The van der Waals surface area contributed by atoms with Gasteiger partial charge in [-0.2, -0.15) is 0 Å². The minimum absolute atomic E-state index is 0.0988. The lowest BCUT2D eigenvalue weighted by atomic mass is 9.93. The molecule has 0 bridgehead atoms. The Bertz CT molecular complexity index is 1210. The van der Waals surface area contributed by atoms with E-state index in [1.165, 1.54) is 25.0 Å². The van der Waals surface area contributed by atoms with Crippen molar-refractivity contribution in [2.24, 2.45) is 0 Å². The van der Waals surface area contributed by atoms with Crippen molar-refractivity contribution in [3.05, 3.63) is 54.2 Å². The summed E-state index contributed by atoms with van der Waals surface area (Å²) in [5, 5.41) is 3.96. The lowest BCUT2D eigenvalue weighted by Gasteiger charge is -2.44. The molecule has 1 N–H and O–H groups in total. The van der Waals surface area contributed by atoms with Crippen molar-refractivity contribution < 1.29 is 14.0 Å². The molecule has 2 aliphatic rings. The van der Waals surface area contributed by atoms with Crippen LogP contribution in [0.2, 0.25) is 0 Å². The molecule has 3 heterocycles. The van der Waals surface area contributed by atoms with E-state index < -0.39 is 5.54 Å².